The van der Waals surface area contributed by atoms with Gasteiger partial charge < -0.3 is 20.4 Å². The van der Waals surface area contributed by atoms with E-state index < -0.39 is 11.7 Å². The number of hydrogen-bond donors (Lipinski definition) is 1. The lowest BCUT2D eigenvalue weighted by molar-refractivity contribution is 0.0643. The summed E-state index contributed by atoms with van der Waals surface area (Å²) in [5, 5.41) is 0. The summed E-state index contributed by atoms with van der Waals surface area (Å²) < 4.78 is 15.0. The number of rotatable bonds is 7. The number of piperidine rings is 1. The summed E-state index contributed by atoms with van der Waals surface area (Å²) in [7, 11) is 2.07. The number of amides is 2. The van der Waals surface area contributed by atoms with Crippen molar-refractivity contribution in [2.75, 3.05) is 25.0 Å². The molecule has 0 aliphatic carbocycles. The van der Waals surface area contributed by atoms with Crippen molar-refractivity contribution >= 4 is 23.2 Å². The van der Waals surface area contributed by atoms with Crippen molar-refractivity contribution in [1.82, 2.24) is 9.80 Å². The van der Waals surface area contributed by atoms with E-state index in [1.165, 1.54) is 18.2 Å². The van der Waals surface area contributed by atoms with Gasteiger partial charge in [0, 0.05) is 34.9 Å². The van der Waals surface area contributed by atoms with Gasteiger partial charge in [-0.3, -0.25) is 9.59 Å². The third-order valence-corrected chi connectivity index (χ3v) is 6.28. The molecule has 2 N–H and O–H groups in total. The molecule has 178 valence electrons. The third kappa shape index (κ3) is 5.53. The van der Waals surface area contributed by atoms with E-state index in [1.807, 2.05) is 49.6 Å². The molecule has 1 saturated heterocycles. The van der Waals surface area contributed by atoms with Crippen molar-refractivity contribution in [2.45, 2.75) is 58.7 Å². The zero-order valence-electron chi connectivity index (χ0n) is 20.2. The minimum absolute atomic E-state index is 0.0284. The molecule has 0 atom stereocenters. The van der Waals surface area contributed by atoms with Gasteiger partial charge in [0.1, 0.15) is 5.82 Å². The topological polar surface area (TPSA) is 69.9 Å². The van der Waals surface area contributed by atoms with E-state index in [0.717, 1.165) is 31.6 Å². The SMILES string of the molecule is CC(C)N(C(=O)c1ccc(N(c2cc(C(N)=O)ccc2F)C2CCN(C)CC2)cc1)C(C)C. The minimum Gasteiger partial charge on any atom is -0.366 e. The highest BCUT2D eigenvalue weighted by atomic mass is 19.1. The molecule has 0 saturated carbocycles. The number of carbonyl (C=O) groups excluding carboxylic acids is 2. The molecule has 33 heavy (non-hydrogen) atoms. The van der Waals surface area contributed by atoms with Crippen LogP contribution in [0.15, 0.2) is 42.5 Å². The summed E-state index contributed by atoms with van der Waals surface area (Å²) in [6.07, 6.45) is 1.71. The fraction of sp³-hybridized carbons (Fsp3) is 0.462. The van der Waals surface area contributed by atoms with Crippen LogP contribution >= 0.6 is 0 Å². The van der Waals surface area contributed by atoms with Crippen LogP contribution in [0.4, 0.5) is 15.8 Å². The van der Waals surface area contributed by atoms with Crippen LogP contribution in [0.25, 0.3) is 0 Å². The number of nitrogens with two attached hydrogens (primary N) is 1. The lowest BCUT2D eigenvalue weighted by Crippen LogP contribution is -2.42. The van der Waals surface area contributed by atoms with E-state index in [4.69, 9.17) is 5.73 Å². The number of primary amides is 1. The highest BCUT2D eigenvalue weighted by molar-refractivity contribution is 5.95. The highest BCUT2D eigenvalue weighted by Gasteiger charge is 2.28. The summed E-state index contributed by atoms with van der Waals surface area (Å²) in [6.45, 7) is 9.80. The zero-order valence-corrected chi connectivity index (χ0v) is 20.2. The molecule has 0 unspecified atom stereocenters. The molecule has 2 amide bonds. The van der Waals surface area contributed by atoms with E-state index >= 15 is 4.39 Å². The van der Waals surface area contributed by atoms with Crippen LogP contribution in [0.5, 0.6) is 0 Å². The molecule has 0 bridgehead atoms. The standard InChI is InChI=1S/C26H35FN4O2/c1-17(2)30(18(3)4)26(33)19-6-9-21(10-7-19)31(22-12-14-29(5)15-13-22)24-16-20(25(28)32)8-11-23(24)27/h6-11,16-18,22H,12-15H2,1-5H3,(H2,28,32). The van der Waals surface area contributed by atoms with Crippen molar-refractivity contribution < 1.29 is 14.0 Å². The van der Waals surface area contributed by atoms with Gasteiger partial charge in [-0.1, -0.05) is 0 Å². The molecule has 0 radical (unpaired) electrons. The molecule has 2 aromatic carbocycles. The van der Waals surface area contributed by atoms with Gasteiger partial charge in [-0.2, -0.15) is 0 Å². The van der Waals surface area contributed by atoms with Crippen molar-refractivity contribution in [3.05, 3.63) is 59.4 Å². The third-order valence-electron chi connectivity index (χ3n) is 6.28. The molecular weight excluding hydrogens is 419 g/mol. The molecule has 3 rings (SSSR count). The Hall–Kier alpha value is -2.93. The Bertz CT molecular complexity index is 974. The van der Waals surface area contributed by atoms with E-state index in [1.54, 1.807) is 12.1 Å². The predicted octanol–water partition coefficient (Wildman–Crippen LogP) is 4.42. The average Bonchev–Trinajstić information content (AvgIpc) is 2.76. The molecule has 1 aliphatic rings. The van der Waals surface area contributed by atoms with Crippen LogP contribution in [0.2, 0.25) is 0 Å². The maximum atomic E-state index is 15.0. The van der Waals surface area contributed by atoms with Crippen LogP contribution in [0.1, 0.15) is 61.3 Å². The molecule has 0 spiro atoms. The fourth-order valence-corrected chi connectivity index (χ4v) is 4.63. The Morgan fingerprint density at radius 1 is 0.970 bits per heavy atom. The fourth-order valence-electron chi connectivity index (χ4n) is 4.63. The van der Waals surface area contributed by atoms with Gasteiger partial charge in [0.15, 0.2) is 0 Å². The molecule has 1 fully saturated rings. The van der Waals surface area contributed by atoms with E-state index in [-0.39, 0.29) is 29.6 Å². The van der Waals surface area contributed by atoms with E-state index in [0.29, 0.717) is 11.3 Å². The van der Waals surface area contributed by atoms with Gasteiger partial charge in [-0.25, -0.2) is 4.39 Å². The summed E-state index contributed by atoms with van der Waals surface area (Å²) in [5.74, 6) is -1.04. The Kier molecular flexibility index (Phi) is 7.74. The first-order valence-corrected chi connectivity index (χ1v) is 11.6. The largest absolute Gasteiger partial charge is 0.366 e. The Labute approximate surface area is 196 Å². The molecule has 0 aromatic heterocycles. The molecule has 2 aromatic rings. The Balaban J connectivity index is 2.01. The van der Waals surface area contributed by atoms with Crippen LogP contribution in [0.3, 0.4) is 0 Å². The second-order valence-electron chi connectivity index (χ2n) is 9.38. The number of hydrogen-bond acceptors (Lipinski definition) is 4. The van der Waals surface area contributed by atoms with E-state index in [9.17, 15) is 9.59 Å². The minimum atomic E-state index is -0.594. The quantitative estimate of drug-likeness (QED) is 0.673. The molecule has 7 heteroatoms. The summed E-state index contributed by atoms with van der Waals surface area (Å²) >= 11 is 0. The number of halogens is 1. The van der Waals surface area contributed by atoms with Gasteiger partial charge in [-0.05, 0) is 103 Å². The maximum Gasteiger partial charge on any atom is 0.254 e. The van der Waals surface area contributed by atoms with Crippen LogP contribution in [0, 0.1) is 5.82 Å². The number of likely N-dealkylation sites (tertiary alicyclic amines) is 1. The lowest BCUT2D eigenvalue weighted by atomic mass is 10.00. The first-order chi connectivity index (χ1) is 15.6. The Morgan fingerprint density at radius 3 is 2.03 bits per heavy atom. The second kappa shape index (κ2) is 10.3. The van der Waals surface area contributed by atoms with Crippen molar-refractivity contribution in [1.29, 1.82) is 0 Å². The summed E-state index contributed by atoms with van der Waals surface area (Å²) in [6, 6.07) is 11.8. The monoisotopic (exact) mass is 454 g/mol. The lowest BCUT2D eigenvalue weighted by Gasteiger charge is -2.39. The summed E-state index contributed by atoms with van der Waals surface area (Å²) in [5.41, 5.74) is 7.43. The van der Waals surface area contributed by atoms with Crippen LogP contribution in [-0.4, -0.2) is 59.9 Å². The normalized spacial score (nSPS) is 15.2. The molecule has 1 aliphatic heterocycles. The van der Waals surface area contributed by atoms with Crippen LogP contribution in [-0.2, 0) is 0 Å². The summed E-state index contributed by atoms with van der Waals surface area (Å²) in [4.78, 5) is 30.9. The number of carbonyl (C=O) groups is 2. The molecular formula is C26H35FN4O2. The van der Waals surface area contributed by atoms with E-state index in [2.05, 4.69) is 11.9 Å². The van der Waals surface area contributed by atoms with Crippen LogP contribution < -0.4 is 10.6 Å². The first-order valence-electron chi connectivity index (χ1n) is 11.6. The Morgan fingerprint density at radius 2 is 1.52 bits per heavy atom. The average molecular weight is 455 g/mol. The second-order valence-corrected chi connectivity index (χ2v) is 9.38. The molecule has 1 heterocycles. The van der Waals surface area contributed by atoms with Gasteiger partial charge >= 0.3 is 0 Å². The van der Waals surface area contributed by atoms with Crippen molar-refractivity contribution in [2.24, 2.45) is 5.73 Å². The van der Waals surface area contributed by atoms with Gasteiger partial charge in [-0.15, -0.1) is 0 Å². The smallest absolute Gasteiger partial charge is 0.254 e. The zero-order chi connectivity index (χ0) is 24.3. The van der Waals surface area contributed by atoms with Gasteiger partial charge in [0.25, 0.3) is 5.91 Å². The number of anilines is 2. The van der Waals surface area contributed by atoms with Gasteiger partial charge in [0.2, 0.25) is 5.91 Å². The molecule has 6 nitrogen and oxygen atoms in total. The highest BCUT2D eigenvalue weighted by Crippen LogP contribution is 2.34. The van der Waals surface area contributed by atoms with Crippen molar-refractivity contribution in [3.63, 3.8) is 0 Å². The maximum absolute atomic E-state index is 15.0. The first kappa shape index (κ1) is 24.7. The number of nitrogens with zero attached hydrogens (tertiary/aromatic N) is 3. The number of benzene rings is 2. The van der Waals surface area contributed by atoms with Gasteiger partial charge in [0.05, 0.1) is 5.69 Å². The van der Waals surface area contributed by atoms with Crippen molar-refractivity contribution in [3.8, 4) is 0 Å². The predicted molar refractivity (Wildman–Crippen MR) is 130 cm³/mol.